The zero-order valence-corrected chi connectivity index (χ0v) is 23.6. The predicted octanol–water partition coefficient (Wildman–Crippen LogP) is 1.66. The van der Waals surface area contributed by atoms with Crippen molar-refractivity contribution in [3.8, 4) is 0 Å². The van der Waals surface area contributed by atoms with E-state index in [0.29, 0.717) is 38.2 Å². The van der Waals surface area contributed by atoms with Gasteiger partial charge in [0.05, 0.1) is 19.5 Å². The first kappa shape index (κ1) is 26.8. The molecule has 0 radical (unpaired) electrons. The molecule has 3 aliphatic heterocycles. The summed E-state index contributed by atoms with van der Waals surface area (Å²) in [6.45, 7) is 7.20. The summed E-state index contributed by atoms with van der Waals surface area (Å²) < 4.78 is 30.6. The van der Waals surface area contributed by atoms with Gasteiger partial charge in [-0.1, -0.05) is 12.1 Å². The Morgan fingerprint density at radius 3 is 2.35 bits per heavy atom. The average Bonchev–Trinajstić information content (AvgIpc) is 3.42. The topological polar surface area (TPSA) is 120 Å². The molecule has 212 valence electrons. The van der Waals surface area contributed by atoms with E-state index < -0.39 is 10.0 Å². The van der Waals surface area contributed by atoms with Crippen molar-refractivity contribution in [3.63, 3.8) is 0 Å². The van der Waals surface area contributed by atoms with Crippen LogP contribution in [0.1, 0.15) is 11.1 Å². The minimum Gasteiger partial charge on any atom is -0.378 e. The third-order valence-electron chi connectivity index (χ3n) is 7.67. The molecule has 1 aromatic carbocycles. The molecule has 13 heteroatoms. The third kappa shape index (κ3) is 6.02. The van der Waals surface area contributed by atoms with Gasteiger partial charge in [-0.15, -0.1) is 0 Å². The van der Waals surface area contributed by atoms with Gasteiger partial charge in [0.15, 0.2) is 0 Å². The molecule has 0 bridgehead atoms. The number of aromatic nitrogens is 4. The van der Waals surface area contributed by atoms with Crippen LogP contribution in [0.5, 0.6) is 0 Å². The van der Waals surface area contributed by atoms with Crippen molar-refractivity contribution in [1.82, 2.24) is 29.1 Å². The number of hydrogen-bond acceptors (Lipinski definition) is 11. The lowest BCUT2D eigenvalue weighted by molar-refractivity contribution is 0.122. The van der Waals surface area contributed by atoms with Gasteiger partial charge in [-0.2, -0.15) is 14.3 Å². The standard InChI is InChI=1S/C27H35N9O3S/c1-40(37,38)35-15-13-33(14-16-35)11-7-21-3-5-22(6-4-21)36-12-8-23-24(30-26-28-9-2-10-29-26)31-27(32-25(23)36)34-17-19-39-20-18-34/h2-6,9-10H,7-8,11-20H2,1H3,(H,28,29,30,31,32). The molecule has 0 spiro atoms. The quantitative estimate of drug-likeness (QED) is 0.429. The van der Waals surface area contributed by atoms with Gasteiger partial charge in [-0.05, 0) is 36.6 Å². The molecule has 12 nitrogen and oxygen atoms in total. The number of benzene rings is 1. The van der Waals surface area contributed by atoms with Gasteiger partial charge in [-0.25, -0.2) is 18.4 Å². The van der Waals surface area contributed by atoms with Crippen LogP contribution in [0.2, 0.25) is 0 Å². The smallest absolute Gasteiger partial charge is 0.229 e. The van der Waals surface area contributed by atoms with Crippen LogP contribution in [0.4, 0.5) is 29.2 Å². The van der Waals surface area contributed by atoms with Crippen molar-refractivity contribution in [2.45, 2.75) is 12.8 Å². The zero-order valence-electron chi connectivity index (χ0n) is 22.7. The molecule has 3 aromatic rings. The van der Waals surface area contributed by atoms with Gasteiger partial charge in [0.2, 0.25) is 21.9 Å². The normalized spacial score (nSPS) is 18.6. The predicted molar refractivity (Wildman–Crippen MR) is 154 cm³/mol. The number of hydrogen-bond donors (Lipinski definition) is 1. The molecular weight excluding hydrogens is 530 g/mol. The third-order valence-corrected chi connectivity index (χ3v) is 8.97. The Labute approximate surface area is 235 Å². The maximum atomic E-state index is 11.8. The number of morpholine rings is 1. The molecule has 0 saturated carbocycles. The maximum Gasteiger partial charge on any atom is 0.229 e. The Morgan fingerprint density at radius 1 is 0.925 bits per heavy atom. The van der Waals surface area contributed by atoms with E-state index in [1.165, 1.54) is 11.8 Å². The molecule has 2 saturated heterocycles. The summed E-state index contributed by atoms with van der Waals surface area (Å²) in [4.78, 5) is 25.3. The summed E-state index contributed by atoms with van der Waals surface area (Å²) in [5.41, 5.74) is 3.41. The highest BCUT2D eigenvalue weighted by Gasteiger charge is 2.29. The van der Waals surface area contributed by atoms with Gasteiger partial charge < -0.3 is 24.8 Å². The second-order valence-electron chi connectivity index (χ2n) is 10.3. The van der Waals surface area contributed by atoms with Crippen LogP contribution in [-0.2, 0) is 27.6 Å². The van der Waals surface area contributed by atoms with Crippen LogP contribution in [0, 0.1) is 0 Å². The minimum atomic E-state index is -3.10. The first-order chi connectivity index (χ1) is 19.4. The molecule has 40 heavy (non-hydrogen) atoms. The lowest BCUT2D eigenvalue weighted by Gasteiger charge is -2.33. The Kier molecular flexibility index (Phi) is 7.78. The van der Waals surface area contributed by atoms with Crippen molar-refractivity contribution < 1.29 is 13.2 Å². The zero-order chi connectivity index (χ0) is 27.5. The van der Waals surface area contributed by atoms with Crippen LogP contribution in [-0.4, -0.2) is 109 Å². The molecular formula is C27H35N9O3S. The Morgan fingerprint density at radius 2 is 1.65 bits per heavy atom. The molecule has 3 aliphatic rings. The molecule has 0 amide bonds. The monoisotopic (exact) mass is 565 g/mol. The van der Waals surface area contributed by atoms with E-state index in [1.807, 2.05) is 0 Å². The number of fused-ring (bicyclic) bond motifs is 1. The first-order valence-corrected chi connectivity index (χ1v) is 15.6. The van der Waals surface area contributed by atoms with Crippen molar-refractivity contribution in [3.05, 3.63) is 53.9 Å². The lowest BCUT2D eigenvalue weighted by atomic mass is 10.1. The number of anilines is 5. The second-order valence-corrected chi connectivity index (χ2v) is 12.3. The molecule has 0 aliphatic carbocycles. The number of nitrogens with one attached hydrogen (secondary N) is 1. The van der Waals surface area contributed by atoms with Crippen LogP contribution in [0.25, 0.3) is 0 Å². The van der Waals surface area contributed by atoms with Crippen molar-refractivity contribution in [1.29, 1.82) is 0 Å². The number of piperazine rings is 1. The van der Waals surface area contributed by atoms with Crippen molar-refractivity contribution in [2.24, 2.45) is 0 Å². The van der Waals surface area contributed by atoms with Crippen LogP contribution in [0.15, 0.2) is 42.7 Å². The van der Waals surface area contributed by atoms with Gasteiger partial charge >= 0.3 is 0 Å². The minimum absolute atomic E-state index is 0.511. The highest BCUT2D eigenvalue weighted by molar-refractivity contribution is 7.88. The van der Waals surface area contributed by atoms with E-state index in [4.69, 9.17) is 14.7 Å². The fourth-order valence-corrected chi connectivity index (χ4v) is 6.21. The van der Waals surface area contributed by atoms with E-state index in [9.17, 15) is 8.42 Å². The fraction of sp³-hybridized carbons (Fsp3) is 0.481. The molecule has 2 aromatic heterocycles. The highest BCUT2D eigenvalue weighted by atomic mass is 32.2. The number of sulfonamides is 1. The van der Waals surface area contributed by atoms with Gasteiger partial charge in [-0.3, -0.25) is 0 Å². The molecule has 5 heterocycles. The SMILES string of the molecule is CS(=O)(=O)N1CCN(CCc2ccc(N3CCc4c(Nc5ncccn5)nc(N5CCOCC5)nc43)cc2)CC1. The molecule has 0 unspecified atom stereocenters. The van der Waals surface area contributed by atoms with Gasteiger partial charge in [0, 0.05) is 76.0 Å². The summed E-state index contributed by atoms with van der Waals surface area (Å²) >= 11 is 0. The molecule has 0 atom stereocenters. The highest BCUT2D eigenvalue weighted by Crippen LogP contribution is 2.38. The van der Waals surface area contributed by atoms with E-state index in [1.54, 1.807) is 22.8 Å². The van der Waals surface area contributed by atoms with Gasteiger partial charge in [0.25, 0.3) is 0 Å². The van der Waals surface area contributed by atoms with E-state index in [0.717, 1.165) is 75.0 Å². The first-order valence-electron chi connectivity index (χ1n) is 13.8. The fourth-order valence-electron chi connectivity index (χ4n) is 5.39. The number of ether oxygens (including phenoxy) is 1. The van der Waals surface area contributed by atoms with Crippen LogP contribution < -0.4 is 15.1 Å². The summed E-state index contributed by atoms with van der Waals surface area (Å²) in [6.07, 6.45) is 6.44. The average molecular weight is 566 g/mol. The number of nitrogens with zero attached hydrogens (tertiary/aromatic N) is 8. The van der Waals surface area contributed by atoms with E-state index >= 15 is 0 Å². The Balaban J connectivity index is 1.17. The largest absolute Gasteiger partial charge is 0.378 e. The lowest BCUT2D eigenvalue weighted by Crippen LogP contribution is -2.48. The van der Waals surface area contributed by atoms with Crippen molar-refractivity contribution in [2.75, 3.05) is 86.9 Å². The summed E-state index contributed by atoms with van der Waals surface area (Å²) in [5, 5.41) is 3.32. The summed E-state index contributed by atoms with van der Waals surface area (Å²) in [5.74, 6) is 2.84. The van der Waals surface area contributed by atoms with Crippen LogP contribution >= 0.6 is 0 Å². The Bertz CT molecular complexity index is 1410. The maximum absolute atomic E-state index is 11.8. The summed E-state index contributed by atoms with van der Waals surface area (Å²) in [7, 11) is -3.10. The van der Waals surface area contributed by atoms with E-state index in [2.05, 4.69) is 54.2 Å². The second kappa shape index (κ2) is 11.6. The number of rotatable bonds is 8. The molecule has 6 rings (SSSR count). The Hall–Kier alpha value is -3.39. The molecule has 1 N–H and O–H groups in total. The van der Waals surface area contributed by atoms with Crippen LogP contribution in [0.3, 0.4) is 0 Å². The van der Waals surface area contributed by atoms with E-state index in [-0.39, 0.29) is 0 Å². The molecule has 2 fully saturated rings. The van der Waals surface area contributed by atoms with Crippen molar-refractivity contribution >= 4 is 39.2 Å². The van der Waals surface area contributed by atoms with Gasteiger partial charge in [0.1, 0.15) is 11.6 Å². The summed E-state index contributed by atoms with van der Waals surface area (Å²) in [6, 6.07) is 10.5.